The van der Waals surface area contributed by atoms with Crippen molar-refractivity contribution in [3.63, 3.8) is 0 Å². The van der Waals surface area contributed by atoms with E-state index in [0.717, 1.165) is 0 Å². The summed E-state index contributed by atoms with van der Waals surface area (Å²) in [7, 11) is 0. The van der Waals surface area contributed by atoms with Gasteiger partial charge in [0.15, 0.2) is 0 Å². The second-order valence-electron chi connectivity index (χ2n) is 3.43. The molecule has 1 heterocycles. The molecular formula is C10H11KNO2. The van der Waals surface area contributed by atoms with E-state index < -0.39 is 5.41 Å². The molecule has 14 heavy (non-hydrogen) atoms. The SMILES string of the molecule is CCC12C=CC=CC1C(=O)NC2=O.[K]. The maximum Gasteiger partial charge on any atom is 0.237 e. The summed E-state index contributed by atoms with van der Waals surface area (Å²) in [4.78, 5) is 22.9. The molecule has 1 aliphatic heterocycles. The monoisotopic (exact) mass is 216 g/mol. The molecule has 1 fully saturated rings. The Bertz CT molecular complexity index is 335. The Balaban J connectivity index is 0.000000980. The third-order valence-electron chi connectivity index (χ3n) is 2.89. The fourth-order valence-corrected chi connectivity index (χ4v) is 2.02. The minimum Gasteiger partial charge on any atom is -0.295 e. The van der Waals surface area contributed by atoms with Crippen LogP contribution in [0.15, 0.2) is 24.3 Å². The molecule has 69 valence electrons. The predicted molar refractivity (Wildman–Crippen MR) is 53.4 cm³/mol. The first kappa shape index (κ1) is 12.3. The number of fused-ring (bicyclic) bond motifs is 1. The predicted octanol–water partition coefficient (Wildman–Crippen LogP) is 0.401. The molecule has 2 amide bonds. The van der Waals surface area contributed by atoms with Crippen molar-refractivity contribution >= 4 is 63.2 Å². The number of amides is 2. The van der Waals surface area contributed by atoms with Gasteiger partial charge in [-0.05, 0) is 6.42 Å². The third kappa shape index (κ3) is 1.59. The number of nitrogens with one attached hydrogen (secondary N) is 1. The molecule has 3 nitrogen and oxygen atoms in total. The second-order valence-corrected chi connectivity index (χ2v) is 3.43. The first-order valence-electron chi connectivity index (χ1n) is 4.42. The Labute approximate surface area is 125 Å². The Morgan fingerprint density at radius 1 is 1.43 bits per heavy atom. The average Bonchev–Trinajstić information content (AvgIpc) is 2.41. The molecule has 0 spiro atoms. The van der Waals surface area contributed by atoms with Crippen molar-refractivity contribution in [3.8, 4) is 0 Å². The van der Waals surface area contributed by atoms with Gasteiger partial charge in [-0.25, -0.2) is 0 Å². The van der Waals surface area contributed by atoms with Crippen molar-refractivity contribution in [1.29, 1.82) is 0 Å². The largest absolute Gasteiger partial charge is 0.295 e. The van der Waals surface area contributed by atoms with Crippen molar-refractivity contribution < 1.29 is 9.59 Å². The molecule has 2 aliphatic rings. The van der Waals surface area contributed by atoms with Gasteiger partial charge in [0.25, 0.3) is 0 Å². The standard InChI is InChI=1S/C10H11NO2.K/c1-2-10-6-4-3-5-7(10)8(12)11-9(10)13;/h3-7H,2H2,1H3,(H,11,12,13);. The first-order chi connectivity index (χ1) is 6.20. The fourth-order valence-electron chi connectivity index (χ4n) is 2.02. The Morgan fingerprint density at radius 2 is 2.14 bits per heavy atom. The van der Waals surface area contributed by atoms with Crippen LogP contribution in [0, 0.1) is 11.3 Å². The zero-order chi connectivity index (χ0) is 9.47. The number of carbonyl (C=O) groups is 2. The number of hydrogen-bond acceptors (Lipinski definition) is 2. The number of carbonyl (C=O) groups excluding carboxylic acids is 2. The van der Waals surface area contributed by atoms with Crippen LogP contribution in [0.25, 0.3) is 0 Å². The zero-order valence-electron chi connectivity index (χ0n) is 8.41. The van der Waals surface area contributed by atoms with Crippen molar-refractivity contribution in [3.05, 3.63) is 24.3 Å². The Hall–Kier alpha value is 0.256. The summed E-state index contributed by atoms with van der Waals surface area (Å²) in [6, 6.07) is 0. The third-order valence-corrected chi connectivity index (χ3v) is 2.89. The molecule has 2 rings (SSSR count). The molecule has 1 aliphatic carbocycles. The number of allylic oxidation sites excluding steroid dienone is 2. The van der Waals surface area contributed by atoms with Gasteiger partial charge in [0.05, 0.1) is 11.3 Å². The van der Waals surface area contributed by atoms with Gasteiger partial charge in [-0.2, -0.15) is 0 Å². The summed E-state index contributed by atoms with van der Waals surface area (Å²) < 4.78 is 0. The van der Waals surface area contributed by atoms with E-state index in [1.165, 1.54) is 0 Å². The Kier molecular flexibility index (Phi) is 3.88. The molecule has 1 radical (unpaired) electrons. The summed E-state index contributed by atoms with van der Waals surface area (Å²) >= 11 is 0. The van der Waals surface area contributed by atoms with E-state index in [4.69, 9.17) is 0 Å². The van der Waals surface area contributed by atoms with E-state index in [9.17, 15) is 9.59 Å². The van der Waals surface area contributed by atoms with Crippen LogP contribution in [0.2, 0.25) is 0 Å². The van der Waals surface area contributed by atoms with Gasteiger partial charge in [0, 0.05) is 51.4 Å². The molecule has 2 unspecified atom stereocenters. The molecule has 0 aromatic carbocycles. The second kappa shape index (κ2) is 4.41. The molecule has 0 saturated carbocycles. The van der Waals surface area contributed by atoms with Crippen molar-refractivity contribution in [2.75, 3.05) is 0 Å². The number of rotatable bonds is 1. The van der Waals surface area contributed by atoms with Crippen LogP contribution in [0.4, 0.5) is 0 Å². The van der Waals surface area contributed by atoms with Gasteiger partial charge in [0.2, 0.25) is 11.8 Å². The molecule has 1 saturated heterocycles. The van der Waals surface area contributed by atoms with Crippen molar-refractivity contribution in [2.45, 2.75) is 13.3 Å². The molecule has 4 heteroatoms. The molecule has 2 atom stereocenters. The smallest absolute Gasteiger partial charge is 0.237 e. The first-order valence-corrected chi connectivity index (χ1v) is 4.42. The van der Waals surface area contributed by atoms with E-state index in [1.807, 2.05) is 25.2 Å². The van der Waals surface area contributed by atoms with E-state index in [0.29, 0.717) is 6.42 Å². The van der Waals surface area contributed by atoms with Crippen LogP contribution in [0.5, 0.6) is 0 Å². The van der Waals surface area contributed by atoms with Crippen LogP contribution >= 0.6 is 0 Å². The van der Waals surface area contributed by atoms with Crippen molar-refractivity contribution in [1.82, 2.24) is 5.32 Å². The van der Waals surface area contributed by atoms with E-state index in [2.05, 4.69) is 5.32 Å². The van der Waals surface area contributed by atoms with Gasteiger partial charge in [-0.15, -0.1) is 0 Å². The van der Waals surface area contributed by atoms with E-state index in [-0.39, 0.29) is 69.1 Å². The maximum absolute atomic E-state index is 11.6. The molecule has 0 bridgehead atoms. The Morgan fingerprint density at radius 3 is 2.71 bits per heavy atom. The van der Waals surface area contributed by atoms with Gasteiger partial charge >= 0.3 is 0 Å². The summed E-state index contributed by atoms with van der Waals surface area (Å²) in [5.41, 5.74) is -0.605. The summed E-state index contributed by atoms with van der Waals surface area (Å²) in [6.07, 6.45) is 7.94. The summed E-state index contributed by atoms with van der Waals surface area (Å²) in [5, 5.41) is 2.37. The van der Waals surface area contributed by atoms with Gasteiger partial charge < -0.3 is 0 Å². The average molecular weight is 216 g/mol. The minimum absolute atomic E-state index is 0. The van der Waals surface area contributed by atoms with Crippen molar-refractivity contribution in [2.24, 2.45) is 11.3 Å². The van der Waals surface area contributed by atoms with Crippen LogP contribution in [0.1, 0.15) is 13.3 Å². The topological polar surface area (TPSA) is 46.2 Å². The molecule has 0 aromatic heterocycles. The van der Waals surface area contributed by atoms with Gasteiger partial charge in [0.1, 0.15) is 0 Å². The normalized spacial score (nSPS) is 33.6. The molecule has 1 N–H and O–H groups in total. The van der Waals surface area contributed by atoms with E-state index >= 15 is 0 Å². The van der Waals surface area contributed by atoms with E-state index in [1.54, 1.807) is 6.08 Å². The minimum atomic E-state index is -0.605. The van der Waals surface area contributed by atoms with Crippen LogP contribution in [-0.2, 0) is 9.59 Å². The summed E-state index contributed by atoms with van der Waals surface area (Å²) in [5.74, 6) is -0.631. The summed E-state index contributed by atoms with van der Waals surface area (Å²) in [6.45, 7) is 1.93. The molecule has 0 aromatic rings. The van der Waals surface area contributed by atoms with Crippen LogP contribution in [0.3, 0.4) is 0 Å². The maximum atomic E-state index is 11.6. The number of hydrogen-bond donors (Lipinski definition) is 1. The quantitative estimate of drug-likeness (QED) is 0.509. The van der Waals surface area contributed by atoms with Crippen LogP contribution in [-0.4, -0.2) is 63.2 Å². The van der Waals surface area contributed by atoms with Crippen LogP contribution < -0.4 is 5.32 Å². The van der Waals surface area contributed by atoms with Gasteiger partial charge in [-0.3, -0.25) is 14.9 Å². The fraction of sp³-hybridized carbons (Fsp3) is 0.400. The molecular weight excluding hydrogens is 205 g/mol. The zero-order valence-corrected chi connectivity index (χ0v) is 11.5. The number of imide groups is 1. The van der Waals surface area contributed by atoms with Gasteiger partial charge in [-0.1, -0.05) is 31.2 Å².